The number of methoxy groups -OCH3 is 1. The van der Waals surface area contributed by atoms with Crippen LogP contribution in [0.3, 0.4) is 0 Å². The van der Waals surface area contributed by atoms with Gasteiger partial charge in [-0.25, -0.2) is 4.79 Å². The van der Waals surface area contributed by atoms with Crippen molar-refractivity contribution in [1.29, 1.82) is 0 Å². The molecule has 0 aromatic heterocycles. The lowest BCUT2D eigenvalue weighted by Gasteiger charge is -2.40. The Balaban J connectivity index is 1.77. The Hall–Kier alpha value is -2.05. The van der Waals surface area contributed by atoms with Gasteiger partial charge in [-0.05, 0) is 74.9 Å². The van der Waals surface area contributed by atoms with Crippen LogP contribution in [0.2, 0.25) is 0 Å². The van der Waals surface area contributed by atoms with Crippen molar-refractivity contribution in [2.45, 2.75) is 51.2 Å². The van der Waals surface area contributed by atoms with Gasteiger partial charge >= 0.3 is 6.09 Å². The van der Waals surface area contributed by atoms with E-state index >= 15 is 0 Å². The number of ether oxygens (including phenoxy) is 3. The molecule has 31 heavy (non-hydrogen) atoms. The van der Waals surface area contributed by atoms with E-state index in [1.807, 2.05) is 49.9 Å². The summed E-state index contributed by atoms with van der Waals surface area (Å²) in [6.07, 6.45) is 1.50. The maximum atomic E-state index is 12.9. The smallest absolute Gasteiger partial charge is 0.410 e. The predicted octanol–water partition coefficient (Wildman–Crippen LogP) is 6.33. The van der Waals surface area contributed by atoms with Gasteiger partial charge in [0.1, 0.15) is 18.0 Å². The lowest BCUT2D eigenvalue weighted by Crippen LogP contribution is -2.43. The molecule has 2 aromatic carbocycles. The Morgan fingerprint density at radius 2 is 1.68 bits per heavy atom. The fourth-order valence-electron chi connectivity index (χ4n) is 3.89. The van der Waals surface area contributed by atoms with Crippen LogP contribution in [0.5, 0.6) is 5.75 Å². The second-order valence-corrected chi connectivity index (χ2v) is 9.79. The van der Waals surface area contributed by atoms with Gasteiger partial charge < -0.3 is 19.1 Å². The Morgan fingerprint density at radius 1 is 1.03 bits per heavy atom. The van der Waals surface area contributed by atoms with Crippen molar-refractivity contribution in [2.24, 2.45) is 0 Å². The molecule has 1 saturated heterocycles. The van der Waals surface area contributed by atoms with Gasteiger partial charge in [0.05, 0.1) is 12.6 Å². The van der Waals surface area contributed by atoms with E-state index in [0.717, 1.165) is 28.6 Å². The molecule has 2 atom stereocenters. The first-order valence-electron chi connectivity index (χ1n) is 10.7. The fourth-order valence-corrected chi connectivity index (χ4v) is 4.15. The number of likely N-dealkylation sites (tertiary alicyclic amines) is 1. The number of halogens is 1. The summed E-state index contributed by atoms with van der Waals surface area (Å²) in [7, 11) is 1.66. The number of carbonyl (C=O) groups excluding carboxylic acids is 1. The number of hydrogen-bond donors (Lipinski definition) is 0. The number of amides is 1. The van der Waals surface area contributed by atoms with Gasteiger partial charge in [-0.3, -0.25) is 0 Å². The molecule has 0 radical (unpaired) electrons. The molecule has 168 valence electrons. The number of piperidine rings is 1. The van der Waals surface area contributed by atoms with Crippen molar-refractivity contribution in [2.75, 3.05) is 26.9 Å². The summed E-state index contributed by atoms with van der Waals surface area (Å²) in [6, 6.07) is 16.5. The van der Waals surface area contributed by atoms with Gasteiger partial charge in [0, 0.05) is 18.1 Å². The molecular formula is C25H32BrNO4. The topological polar surface area (TPSA) is 48.0 Å². The minimum atomic E-state index is -0.517. The van der Waals surface area contributed by atoms with Crippen LogP contribution in [-0.4, -0.2) is 43.5 Å². The lowest BCUT2D eigenvalue weighted by atomic mass is 9.83. The Labute approximate surface area is 193 Å². The Kier molecular flexibility index (Phi) is 8.00. The van der Waals surface area contributed by atoms with E-state index in [-0.39, 0.29) is 12.1 Å². The number of rotatable bonds is 6. The standard InChI is InChI=1S/C25H32BrNO4/c1-25(2,3)31-24(28)27-14-13-20(17-23(27)19-5-9-21(26)10-6-19)18-7-11-22(12-8-18)30-16-15-29-4/h5-12,20,23H,13-17H2,1-4H3. The summed E-state index contributed by atoms with van der Waals surface area (Å²) in [6.45, 7) is 7.48. The predicted molar refractivity (Wildman–Crippen MR) is 126 cm³/mol. The second-order valence-electron chi connectivity index (χ2n) is 8.87. The highest BCUT2D eigenvalue weighted by Gasteiger charge is 2.35. The molecular weight excluding hydrogens is 458 g/mol. The van der Waals surface area contributed by atoms with Gasteiger partial charge in [0.25, 0.3) is 0 Å². The minimum absolute atomic E-state index is 0.0284. The minimum Gasteiger partial charge on any atom is -0.491 e. The van der Waals surface area contributed by atoms with E-state index in [4.69, 9.17) is 14.2 Å². The molecule has 0 aliphatic carbocycles. The van der Waals surface area contributed by atoms with E-state index in [1.165, 1.54) is 5.56 Å². The van der Waals surface area contributed by atoms with Gasteiger partial charge in [0.15, 0.2) is 0 Å². The van der Waals surface area contributed by atoms with Crippen molar-refractivity contribution in [3.63, 3.8) is 0 Å². The van der Waals surface area contributed by atoms with E-state index in [9.17, 15) is 4.79 Å². The lowest BCUT2D eigenvalue weighted by molar-refractivity contribution is 0.00764. The molecule has 0 spiro atoms. The highest BCUT2D eigenvalue weighted by atomic mass is 79.9. The Morgan fingerprint density at radius 3 is 2.29 bits per heavy atom. The van der Waals surface area contributed by atoms with Gasteiger partial charge in [-0.15, -0.1) is 0 Å². The summed E-state index contributed by atoms with van der Waals surface area (Å²) in [4.78, 5) is 14.8. The second kappa shape index (κ2) is 10.5. The summed E-state index contributed by atoms with van der Waals surface area (Å²) in [5.41, 5.74) is 1.87. The largest absolute Gasteiger partial charge is 0.491 e. The SMILES string of the molecule is COCCOc1ccc(C2CCN(C(=O)OC(C)(C)C)C(c3ccc(Br)cc3)C2)cc1. The third-order valence-electron chi connectivity index (χ3n) is 5.39. The van der Waals surface area contributed by atoms with E-state index in [0.29, 0.717) is 25.7 Å². The van der Waals surface area contributed by atoms with Crippen LogP contribution in [0.4, 0.5) is 4.79 Å². The van der Waals surface area contributed by atoms with Crippen molar-refractivity contribution in [3.8, 4) is 5.75 Å². The molecule has 0 bridgehead atoms. The van der Waals surface area contributed by atoms with Crippen LogP contribution < -0.4 is 4.74 Å². The third kappa shape index (κ3) is 6.71. The van der Waals surface area contributed by atoms with Gasteiger partial charge in [0.2, 0.25) is 0 Å². The van der Waals surface area contributed by atoms with Crippen LogP contribution in [-0.2, 0) is 9.47 Å². The highest BCUT2D eigenvalue weighted by molar-refractivity contribution is 9.10. The molecule has 2 unspecified atom stereocenters. The molecule has 0 saturated carbocycles. The molecule has 1 amide bonds. The van der Waals surface area contributed by atoms with E-state index in [2.05, 4.69) is 40.2 Å². The van der Waals surface area contributed by atoms with Crippen LogP contribution >= 0.6 is 15.9 Å². The number of nitrogens with zero attached hydrogens (tertiary/aromatic N) is 1. The summed E-state index contributed by atoms with van der Waals surface area (Å²) in [5.74, 6) is 1.21. The molecule has 3 rings (SSSR count). The first-order valence-corrected chi connectivity index (χ1v) is 11.5. The van der Waals surface area contributed by atoms with Crippen molar-refractivity contribution in [1.82, 2.24) is 4.90 Å². The average Bonchev–Trinajstić information content (AvgIpc) is 2.73. The molecule has 2 aromatic rings. The van der Waals surface area contributed by atoms with Crippen molar-refractivity contribution < 1.29 is 19.0 Å². The van der Waals surface area contributed by atoms with E-state index < -0.39 is 5.60 Å². The van der Waals surface area contributed by atoms with Gasteiger partial charge in [-0.1, -0.05) is 40.2 Å². The van der Waals surface area contributed by atoms with Crippen LogP contribution in [0.15, 0.2) is 53.0 Å². The zero-order chi connectivity index (χ0) is 22.4. The summed E-state index contributed by atoms with van der Waals surface area (Å²) < 4.78 is 17.5. The Bertz CT molecular complexity index is 845. The van der Waals surface area contributed by atoms with Crippen LogP contribution in [0.1, 0.15) is 56.7 Å². The molecule has 1 aliphatic rings. The maximum absolute atomic E-state index is 12.9. The van der Waals surface area contributed by atoms with Crippen molar-refractivity contribution in [3.05, 3.63) is 64.1 Å². The number of benzene rings is 2. The first-order chi connectivity index (χ1) is 14.8. The average molecular weight is 490 g/mol. The molecule has 1 heterocycles. The normalized spacial score (nSPS) is 19.2. The van der Waals surface area contributed by atoms with Crippen LogP contribution in [0, 0.1) is 0 Å². The quantitative estimate of drug-likeness (QED) is 0.444. The molecule has 5 nitrogen and oxygen atoms in total. The molecule has 1 fully saturated rings. The maximum Gasteiger partial charge on any atom is 0.410 e. The highest BCUT2D eigenvalue weighted by Crippen LogP contribution is 2.40. The number of carbonyl (C=O) groups is 1. The van der Waals surface area contributed by atoms with Crippen LogP contribution in [0.25, 0.3) is 0 Å². The zero-order valence-corrected chi connectivity index (χ0v) is 20.4. The molecule has 6 heteroatoms. The van der Waals surface area contributed by atoms with Crippen molar-refractivity contribution >= 4 is 22.0 Å². The van der Waals surface area contributed by atoms with Gasteiger partial charge in [-0.2, -0.15) is 0 Å². The summed E-state index contributed by atoms with van der Waals surface area (Å²) in [5, 5.41) is 0. The first kappa shape index (κ1) is 23.6. The third-order valence-corrected chi connectivity index (χ3v) is 5.92. The molecule has 1 aliphatic heterocycles. The monoisotopic (exact) mass is 489 g/mol. The fraction of sp³-hybridized carbons (Fsp3) is 0.480. The number of hydrogen-bond acceptors (Lipinski definition) is 4. The molecule has 0 N–H and O–H groups in total. The summed E-state index contributed by atoms with van der Waals surface area (Å²) >= 11 is 3.51. The zero-order valence-electron chi connectivity index (χ0n) is 18.8. The van der Waals surface area contributed by atoms with E-state index in [1.54, 1.807) is 7.11 Å².